The van der Waals surface area contributed by atoms with E-state index in [9.17, 15) is 21.6 Å². The van der Waals surface area contributed by atoms with Crippen molar-refractivity contribution >= 4 is 123 Å². The summed E-state index contributed by atoms with van der Waals surface area (Å²) < 4.78 is 77.4. The first-order valence-corrected chi connectivity index (χ1v) is 12.0. The summed E-state index contributed by atoms with van der Waals surface area (Å²) in [6.07, 6.45) is -7.57. The summed E-state index contributed by atoms with van der Waals surface area (Å²) in [5.41, 5.74) is 0. The summed E-state index contributed by atoms with van der Waals surface area (Å²) in [5, 5.41) is 0. The van der Waals surface area contributed by atoms with Crippen LogP contribution in [0.3, 0.4) is 0 Å². The van der Waals surface area contributed by atoms with Crippen LogP contribution in [0.15, 0.2) is 0 Å². The zero-order valence-electron chi connectivity index (χ0n) is 9.89. The van der Waals surface area contributed by atoms with Crippen LogP contribution in [0.4, 0.5) is 13.2 Å². The van der Waals surface area contributed by atoms with Crippen LogP contribution in [0.2, 0.25) is 0 Å². The second-order valence-corrected chi connectivity index (χ2v) is 10.7. The quantitative estimate of drug-likeness (QED) is 0.202. The number of hydrogen-bond donors (Lipinski definition) is 1. The molecule has 1 N–H and O–H groups in total. The lowest BCUT2D eigenvalue weighted by atomic mass is 10.3. The molecule has 0 bridgehead atoms. The third kappa shape index (κ3) is 5.97. The highest BCUT2D eigenvalue weighted by Gasteiger charge is 2.45. The Balaban J connectivity index is 3.37. The van der Waals surface area contributed by atoms with Crippen molar-refractivity contribution in [3.8, 4) is 5.75 Å². The predicted molar refractivity (Wildman–Crippen MR) is 117 cm³/mol. The minimum Gasteiger partial charge on any atom is -0.477 e. The maximum Gasteiger partial charge on any atom is 0.426 e. The first-order chi connectivity index (χ1) is 9.75. The summed E-state index contributed by atoms with van der Waals surface area (Å²) in [4.78, 5) is 0. The van der Waals surface area contributed by atoms with Crippen LogP contribution in [-0.2, 0) is 10.1 Å². The molecule has 0 aliphatic carbocycles. The first kappa shape index (κ1) is 22.4. The molecule has 1 atom stereocenters. The monoisotopic (exact) mass is 900 g/mol. The lowest BCUT2D eigenvalue weighted by Crippen LogP contribution is -2.40. The Labute approximate surface area is 192 Å². The largest absolute Gasteiger partial charge is 0.477 e. The molecule has 0 fully saturated rings. The zero-order chi connectivity index (χ0) is 17.5. The molecule has 126 valence electrons. The molecule has 4 nitrogen and oxygen atoms in total. The molecule has 0 saturated carbocycles. The molecule has 0 aromatic heterocycles. The van der Waals surface area contributed by atoms with Crippen LogP contribution in [0, 0.1) is 17.9 Å². The van der Waals surface area contributed by atoms with Gasteiger partial charge >= 0.3 is 6.18 Å². The fourth-order valence-electron chi connectivity index (χ4n) is 1.22. The first-order valence-electron chi connectivity index (χ1n) is 4.95. The third-order valence-corrected chi connectivity index (χ3v) is 12.3. The molecule has 1 unspecified atom stereocenters. The Kier molecular flexibility index (Phi) is 8.53. The number of ether oxygens (including phenoxy) is 1. The molecule has 0 amide bonds. The minimum absolute atomic E-state index is 0.0404. The second-order valence-electron chi connectivity index (χ2n) is 3.80. The van der Waals surface area contributed by atoms with Crippen LogP contribution in [0.5, 0.6) is 5.75 Å². The Morgan fingerprint density at radius 3 is 1.64 bits per heavy atom. The van der Waals surface area contributed by atoms with Gasteiger partial charge in [0.2, 0.25) is 6.10 Å². The summed E-state index contributed by atoms with van der Waals surface area (Å²) in [6.45, 7) is 0. The molecule has 1 aromatic rings. The van der Waals surface area contributed by atoms with Gasteiger partial charge in [-0.05, 0) is 113 Å². The number of hydrogen-bond acceptors (Lipinski definition) is 3. The van der Waals surface area contributed by atoms with E-state index in [-0.39, 0.29) is 5.75 Å². The molecule has 0 spiro atoms. The average molecular weight is 900 g/mol. The number of rotatable bonds is 4. The van der Waals surface area contributed by atoms with Gasteiger partial charge in [-0.25, -0.2) is 0 Å². The van der Waals surface area contributed by atoms with E-state index in [2.05, 4.69) is 22.6 Å². The summed E-state index contributed by atoms with van der Waals surface area (Å²) >= 11 is 9.73. The van der Waals surface area contributed by atoms with E-state index in [0.717, 1.165) is 3.57 Å². The van der Waals surface area contributed by atoms with E-state index in [1.807, 2.05) is 90.4 Å². The fourth-order valence-corrected chi connectivity index (χ4v) is 6.82. The maximum atomic E-state index is 13.0. The minimum atomic E-state index is -4.93. The Bertz CT molecular complexity index is 662. The molecule has 0 aliphatic heterocycles. The van der Waals surface area contributed by atoms with Gasteiger partial charge in [0.25, 0.3) is 10.1 Å². The van der Waals surface area contributed by atoms with Gasteiger partial charge in [0.05, 0.1) is 7.14 Å². The van der Waals surface area contributed by atoms with E-state index >= 15 is 0 Å². The third-order valence-electron chi connectivity index (χ3n) is 2.16. The van der Waals surface area contributed by atoms with E-state index < -0.39 is 28.2 Å². The van der Waals surface area contributed by atoms with Crippen molar-refractivity contribution in [3.63, 3.8) is 0 Å². The van der Waals surface area contributed by atoms with Crippen molar-refractivity contribution in [1.29, 1.82) is 0 Å². The van der Waals surface area contributed by atoms with Gasteiger partial charge in [0.15, 0.2) is 0 Å². The standard InChI is InChI=1S/C9H4F3I5O4S/c10-9(11,12)2(1-22(18,19)20)21-8-6(16)4(14)3(13)5(15)7(8)17/h2H,1H2,(H,18,19,20). The van der Waals surface area contributed by atoms with Crippen molar-refractivity contribution in [3.05, 3.63) is 17.9 Å². The van der Waals surface area contributed by atoms with E-state index in [4.69, 9.17) is 9.29 Å². The van der Waals surface area contributed by atoms with Gasteiger partial charge in [-0.2, -0.15) is 21.6 Å². The summed E-state index contributed by atoms with van der Waals surface area (Å²) in [5.74, 6) is -1.59. The van der Waals surface area contributed by atoms with Gasteiger partial charge in [0.1, 0.15) is 11.5 Å². The highest BCUT2D eigenvalue weighted by molar-refractivity contribution is 14.1. The number of halogens is 8. The molecule has 13 heteroatoms. The molecular weight excluding hydrogens is 896 g/mol. The number of alkyl halides is 3. The van der Waals surface area contributed by atoms with Crippen LogP contribution >= 0.6 is 113 Å². The number of benzene rings is 1. The van der Waals surface area contributed by atoms with Crippen molar-refractivity contribution in [2.45, 2.75) is 12.3 Å². The molecule has 1 rings (SSSR count). The molecule has 0 heterocycles. The molecular formula is C9H4F3I5O4S. The highest BCUT2D eigenvalue weighted by Crippen LogP contribution is 2.40. The zero-order valence-corrected chi connectivity index (χ0v) is 21.5. The Morgan fingerprint density at radius 1 is 0.955 bits per heavy atom. The second kappa shape index (κ2) is 8.37. The smallest absolute Gasteiger partial charge is 0.426 e. The van der Waals surface area contributed by atoms with E-state index in [1.165, 1.54) is 0 Å². The van der Waals surface area contributed by atoms with E-state index in [0.29, 0.717) is 14.3 Å². The van der Waals surface area contributed by atoms with Crippen molar-refractivity contribution in [2.24, 2.45) is 0 Å². The molecule has 0 radical (unpaired) electrons. The van der Waals surface area contributed by atoms with Crippen LogP contribution in [0.1, 0.15) is 0 Å². The van der Waals surface area contributed by atoms with Gasteiger partial charge in [-0.15, -0.1) is 0 Å². The molecule has 22 heavy (non-hydrogen) atoms. The van der Waals surface area contributed by atoms with Crippen molar-refractivity contribution < 1.29 is 30.9 Å². The normalized spacial score (nSPS) is 14.0. The van der Waals surface area contributed by atoms with Crippen LogP contribution in [-0.4, -0.2) is 31.0 Å². The highest BCUT2D eigenvalue weighted by atomic mass is 127. The Morgan fingerprint density at radius 2 is 1.32 bits per heavy atom. The van der Waals surface area contributed by atoms with E-state index in [1.54, 1.807) is 0 Å². The lowest BCUT2D eigenvalue weighted by Gasteiger charge is -2.23. The summed E-state index contributed by atoms with van der Waals surface area (Å²) in [7, 11) is -4.84. The lowest BCUT2D eigenvalue weighted by molar-refractivity contribution is -0.188. The fraction of sp³-hybridized carbons (Fsp3) is 0.333. The van der Waals surface area contributed by atoms with Gasteiger partial charge in [-0.3, -0.25) is 4.55 Å². The molecule has 0 aliphatic rings. The molecule has 1 aromatic carbocycles. The maximum absolute atomic E-state index is 13.0. The van der Waals surface area contributed by atoms with Gasteiger partial charge < -0.3 is 4.74 Å². The molecule has 0 saturated heterocycles. The summed E-state index contributed by atoms with van der Waals surface area (Å²) in [6, 6.07) is 0. The average Bonchev–Trinajstić information content (AvgIpc) is 2.35. The predicted octanol–water partition coefficient (Wildman–Crippen LogP) is 4.91. The van der Waals surface area contributed by atoms with Crippen LogP contribution < -0.4 is 4.74 Å². The Hall–Kier alpha value is 2.37. The SMILES string of the molecule is O=S(=O)(O)CC(Oc1c(I)c(I)c(I)c(I)c1I)C(F)(F)F. The van der Waals surface area contributed by atoms with Crippen LogP contribution in [0.25, 0.3) is 0 Å². The van der Waals surface area contributed by atoms with Crippen molar-refractivity contribution in [1.82, 2.24) is 0 Å². The van der Waals surface area contributed by atoms with Crippen molar-refractivity contribution in [2.75, 3.05) is 5.75 Å². The van der Waals surface area contributed by atoms with Gasteiger partial charge in [0, 0.05) is 10.7 Å². The van der Waals surface area contributed by atoms with Gasteiger partial charge in [-0.1, -0.05) is 0 Å². The topological polar surface area (TPSA) is 63.6 Å².